The highest BCUT2D eigenvalue weighted by atomic mass is 31.2. The van der Waals surface area contributed by atoms with Crippen molar-refractivity contribution in [2.75, 3.05) is 39.6 Å². The van der Waals surface area contributed by atoms with Crippen molar-refractivity contribution >= 4 is 39.5 Å². The Kier molecular flexibility index (Phi) is 69.9. The highest BCUT2D eigenvalue weighted by Crippen LogP contribution is 2.45. The van der Waals surface area contributed by atoms with Crippen LogP contribution >= 0.6 is 15.6 Å². The van der Waals surface area contributed by atoms with Crippen LogP contribution in [0.2, 0.25) is 0 Å². The third-order valence-corrected chi connectivity index (χ3v) is 20.8. The highest BCUT2D eigenvalue weighted by molar-refractivity contribution is 7.47. The zero-order valence-corrected chi connectivity index (χ0v) is 67.5. The summed E-state index contributed by atoms with van der Waals surface area (Å²) in [7, 11) is -9.92. The van der Waals surface area contributed by atoms with E-state index in [1.54, 1.807) is 0 Å². The maximum Gasteiger partial charge on any atom is 0.472 e. The predicted octanol–water partition coefficient (Wildman–Crippen LogP) is 24.1. The normalized spacial score (nSPS) is 14.0. The van der Waals surface area contributed by atoms with E-state index in [0.717, 1.165) is 108 Å². The quantitative estimate of drug-likeness (QED) is 0.0222. The van der Waals surface area contributed by atoms with Gasteiger partial charge in [0.15, 0.2) is 12.2 Å². The van der Waals surface area contributed by atoms with Gasteiger partial charge < -0.3 is 33.8 Å². The van der Waals surface area contributed by atoms with Crippen molar-refractivity contribution in [2.24, 2.45) is 17.8 Å². The van der Waals surface area contributed by atoms with Gasteiger partial charge in [0, 0.05) is 25.7 Å². The zero-order valence-electron chi connectivity index (χ0n) is 65.7. The number of aliphatic hydroxyl groups is 1. The van der Waals surface area contributed by atoms with Crippen LogP contribution < -0.4 is 0 Å². The van der Waals surface area contributed by atoms with E-state index in [1.807, 2.05) is 0 Å². The molecule has 17 nitrogen and oxygen atoms in total. The standard InChI is InChI=1S/C81H158O17P2/c1-8-9-10-11-12-13-14-15-16-17-18-19-20-25-28-34-43-50-57-64-80(85)97-76(68-91-78(83)62-55-48-41-33-27-24-22-21-23-26-31-38-45-52-59-72(2)3)70-95-99(87,88)93-66-75(82)67-94-100(89,90)96-71-77(69-92-79(84)63-56-49-42-37-36-40-47-54-61-74(6)7)98-81(86)65-58-51-44-35-30-29-32-39-46-53-60-73(4)5/h72-77,82H,8-71H2,1-7H3,(H,87,88)(H,89,90)/t75-,76-,77-/m1/s1. The molecule has 0 aromatic carbocycles. The van der Waals surface area contributed by atoms with Crippen LogP contribution in [-0.2, 0) is 65.4 Å². The van der Waals surface area contributed by atoms with Crippen molar-refractivity contribution in [2.45, 2.75) is 439 Å². The Balaban J connectivity index is 5.25. The molecule has 19 heteroatoms. The van der Waals surface area contributed by atoms with Gasteiger partial charge in [0.25, 0.3) is 0 Å². The maximum atomic E-state index is 13.1. The molecule has 0 aliphatic rings. The fraction of sp³-hybridized carbons (Fsp3) is 0.951. The number of phosphoric acid groups is 2. The second-order valence-electron chi connectivity index (χ2n) is 30.6. The van der Waals surface area contributed by atoms with Gasteiger partial charge in [0.2, 0.25) is 0 Å². The van der Waals surface area contributed by atoms with E-state index in [2.05, 4.69) is 48.5 Å². The lowest BCUT2D eigenvalue weighted by atomic mass is 10.0. The molecule has 0 amide bonds. The Bertz CT molecular complexity index is 1940. The van der Waals surface area contributed by atoms with Gasteiger partial charge in [0.1, 0.15) is 19.3 Å². The molecule has 594 valence electrons. The average molecular weight is 1470 g/mol. The third-order valence-electron chi connectivity index (χ3n) is 18.9. The van der Waals surface area contributed by atoms with Crippen LogP contribution in [0.25, 0.3) is 0 Å². The van der Waals surface area contributed by atoms with Gasteiger partial charge in [-0.25, -0.2) is 9.13 Å². The Labute approximate surface area is 613 Å². The second-order valence-corrected chi connectivity index (χ2v) is 33.5. The molecule has 0 spiro atoms. The average Bonchev–Trinajstić information content (AvgIpc) is 0.942. The number of carbonyl (C=O) groups is 4. The summed E-state index contributed by atoms with van der Waals surface area (Å²) in [5.41, 5.74) is 0. The number of hydrogen-bond acceptors (Lipinski definition) is 15. The lowest BCUT2D eigenvalue weighted by molar-refractivity contribution is -0.161. The van der Waals surface area contributed by atoms with Crippen molar-refractivity contribution in [3.05, 3.63) is 0 Å². The first kappa shape index (κ1) is 98.1. The van der Waals surface area contributed by atoms with Crippen LogP contribution in [0.1, 0.15) is 421 Å². The molecule has 0 bridgehead atoms. The monoisotopic (exact) mass is 1470 g/mol. The number of esters is 4. The number of unbranched alkanes of at least 4 members (excludes halogenated alkanes) is 47. The van der Waals surface area contributed by atoms with E-state index < -0.39 is 97.5 Å². The Morgan fingerprint density at radius 1 is 0.270 bits per heavy atom. The van der Waals surface area contributed by atoms with Gasteiger partial charge in [-0.15, -0.1) is 0 Å². The minimum atomic E-state index is -4.96. The van der Waals surface area contributed by atoms with E-state index in [-0.39, 0.29) is 25.7 Å². The molecule has 0 rings (SSSR count). The van der Waals surface area contributed by atoms with Gasteiger partial charge in [-0.2, -0.15) is 0 Å². The third kappa shape index (κ3) is 74.3. The van der Waals surface area contributed by atoms with Crippen molar-refractivity contribution in [3.8, 4) is 0 Å². The molecule has 0 aliphatic heterocycles. The molecule has 100 heavy (non-hydrogen) atoms. The number of ether oxygens (including phenoxy) is 4. The Hall–Kier alpha value is -1.94. The predicted molar refractivity (Wildman–Crippen MR) is 409 cm³/mol. The molecule has 0 aromatic rings. The number of rotatable bonds is 79. The first-order valence-corrected chi connectivity index (χ1v) is 44.8. The molecular weight excluding hydrogens is 1310 g/mol. The summed E-state index contributed by atoms with van der Waals surface area (Å²) in [4.78, 5) is 73.0. The highest BCUT2D eigenvalue weighted by Gasteiger charge is 2.30. The van der Waals surface area contributed by atoms with Crippen LogP contribution in [-0.4, -0.2) is 96.7 Å². The molecular formula is C81H158O17P2. The molecule has 0 aliphatic carbocycles. The minimum absolute atomic E-state index is 0.105. The fourth-order valence-corrected chi connectivity index (χ4v) is 14.1. The zero-order chi connectivity index (χ0) is 73.7. The fourth-order valence-electron chi connectivity index (χ4n) is 12.5. The summed E-state index contributed by atoms with van der Waals surface area (Å²) in [6, 6.07) is 0. The summed E-state index contributed by atoms with van der Waals surface area (Å²) < 4.78 is 68.7. The van der Waals surface area contributed by atoms with E-state index in [9.17, 15) is 43.2 Å². The van der Waals surface area contributed by atoms with Crippen LogP contribution in [0, 0.1) is 17.8 Å². The summed E-state index contributed by atoms with van der Waals surface area (Å²) in [5.74, 6) is 0.166. The van der Waals surface area contributed by atoms with Crippen LogP contribution in [0.15, 0.2) is 0 Å². The lowest BCUT2D eigenvalue weighted by Gasteiger charge is -2.21. The van der Waals surface area contributed by atoms with Crippen LogP contribution in [0.5, 0.6) is 0 Å². The molecule has 0 radical (unpaired) electrons. The number of hydrogen-bond donors (Lipinski definition) is 3. The van der Waals surface area contributed by atoms with Crippen LogP contribution in [0.3, 0.4) is 0 Å². The lowest BCUT2D eigenvalue weighted by Crippen LogP contribution is -2.30. The van der Waals surface area contributed by atoms with Gasteiger partial charge in [-0.05, 0) is 43.4 Å². The molecule has 0 heterocycles. The molecule has 0 fully saturated rings. The second kappa shape index (κ2) is 71.3. The van der Waals surface area contributed by atoms with Gasteiger partial charge >= 0.3 is 39.5 Å². The smallest absolute Gasteiger partial charge is 0.462 e. The maximum absolute atomic E-state index is 13.1. The van der Waals surface area contributed by atoms with E-state index >= 15 is 0 Å². The minimum Gasteiger partial charge on any atom is -0.462 e. The first-order valence-electron chi connectivity index (χ1n) is 41.8. The summed E-state index contributed by atoms with van der Waals surface area (Å²) in [6.45, 7) is 11.9. The molecule has 0 saturated heterocycles. The summed E-state index contributed by atoms with van der Waals surface area (Å²) in [5, 5.41) is 10.6. The van der Waals surface area contributed by atoms with Gasteiger partial charge in [-0.1, -0.05) is 370 Å². The van der Waals surface area contributed by atoms with E-state index in [0.29, 0.717) is 25.7 Å². The number of aliphatic hydroxyl groups excluding tert-OH is 1. The van der Waals surface area contributed by atoms with E-state index in [4.69, 9.17) is 37.0 Å². The topological polar surface area (TPSA) is 237 Å². The Morgan fingerprint density at radius 2 is 0.460 bits per heavy atom. The number of phosphoric ester groups is 2. The van der Waals surface area contributed by atoms with Crippen molar-refractivity contribution < 1.29 is 80.2 Å². The van der Waals surface area contributed by atoms with Crippen molar-refractivity contribution in [1.29, 1.82) is 0 Å². The van der Waals surface area contributed by atoms with Crippen molar-refractivity contribution in [1.82, 2.24) is 0 Å². The van der Waals surface area contributed by atoms with Crippen LogP contribution in [0.4, 0.5) is 0 Å². The SMILES string of the molecule is CCCCCCCCCCCCCCCCCCCCCC(=O)O[C@H](COC(=O)CCCCCCCCCCCCCCCCC(C)C)COP(=O)(O)OC[C@@H](O)COP(=O)(O)OC[C@@H](COC(=O)CCCCCCCCCCC(C)C)OC(=O)CCCCCCCCCCCCC(C)C. The molecule has 3 N–H and O–H groups in total. The van der Waals surface area contributed by atoms with Gasteiger partial charge in [-0.3, -0.25) is 37.3 Å². The largest absolute Gasteiger partial charge is 0.472 e. The van der Waals surface area contributed by atoms with Crippen molar-refractivity contribution in [3.63, 3.8) is 0 Å². The number of carbonyl (C=O) groups excluding carboxylic acids is 4. The first-order chi connectivity index (χ1) is 48.2. The molecule has 0 saturated carbocycles. The summed E-state index contributed by atoms with van der Waals surface area (Å²) in [6.07, 6.45) is 59.7. The molecule has 0 aromatic heterocycles. The molecule has 2 unspecified atom stereocenters. The Morgan fingerprint density at radius 3 is 0.680 bits per heavy atom. The van der Waals surface area contributed by atoms with E-state index in [1.165, 1.54) is 231 Å². The molecule has 5 atom stereocenters. The van der Waals surface area contributed by atoms with Gasteiger partial charge in [0.05, 0.1) is 26.4 Å². The summed E-state index contributed by atoms with van der Waals surface area (Å²) >= 11 is 0.